The van der Waals surface area contributed by atoms with E-state index in [4.69, 9.17) is 27.4 Å². The molecule has 0 spiro atoms. The number of fused-ring (bicyclic) bond motifs is 3. The number of aromatic nitrogens is 3. The van der Waals surface area contributed by atoms with E-state index in [1.54, 1.807) is 13.0 Å². The second-order valence-corrected chi connectivity index (χ2v) is 9.20. The maximum absolute atomic E-state index is 14.6. The van der Waals surface area contributed by atoms with E-state index < -0.39 is 27.8 Å². The first-order valence-electron chi connectivity index (χ1n) is 8.88. The van der Waals surface area contributed by atoms with Gasteiger partial charge in [0.1, 0.15) is 24.3 Å². The Hall–Kier alpha value is -2.40. The normalized spacial score (nSPS) is 15.8. The van der Waals surface area contributed by atoms with Crippen molar-refractivity contribution in [1.82, 2.24) is 14.8 Å². The smallest absolute Gasteiger partial charge is 0.264 e. The van der Waals surface area contributed by atoms with Gasteiger partial charge in [-0.2, -0.15) is 8.42 Å². The number of halogens is 4. The molecule has 31 heavy (non-hydrogen) atoms. The first-order valence-corrected chi connectivity index (χ1v) is 11.4. The highest BCUT2D eigenvalue weighted by Crippen LogP contribution is 2.37. The monoisotopic (exact) mass is 486 g/mol. The number of nitrogens with zero attached hydrogens (tertiary/aromatic N) is 4. The fourth-order valence-corrected chi connectivity index (χ4v) is 3.94. The zero-order valence-electron chi connectivity index (χ0n) is 16.1. The molecule has 12 heteroatoms. The van der Waals surface area contributed by atoms with Crippen LogP contribution in [0.5, 0.6) is 0 Å². The van der Waals surface area contributed by atoms with Crippen LogP contribution < -0.4 is 0 Å². The Bertz CT molecular complexity index is 1320. The summed E-state index contributed by atoms with van der Waals surface area (Å²) in [6.45, 7) is 1.27. The number of hydrogen-bond donors (Lipinski definition) is 0. The van der Waals surface area contributed by atoms with Gasteiger partial charge in [-0.15, -0.1) is 5.10 Å². The van der Waals surface area contributed by atoms with E-state index in [2.05, 4.69) is 15.1 Å². The van der Waals surface area contributed by atoms with E-state index in [1.165, 1.54) is 16.8 Å². The third-order valence-corrected chi connectivity index (χ3v) is 5.86. The summed E-state index contributed by atoms with van der Waals surface area (Å²) in [7, 11) is -3.71. The quantitative estimate of drug-likeness (QED) is 0.514. The first kappa shape index (κ1) is 21.8. The Morgan fingerprint density at radius 1 is 1.13 bits per heavy atom. The predicted molar refractivity (Wildman–Crippen MR) is 111 cm³/mol. The summed E-state index contributed by atoms with van der Waals surface area (Å²) in [5.74, 6) is -1.25. The van der Waals surface area contributed by atoms with Gasteiger partial charge in [-0.3, -0.25) is 9.18 Å². The van der Waals surface area contributed by atoms with Crippen LogP contribution in [0.15, 0.2) is 35.3 Å². The average molecular weight is 487 g/mol. The molecule has 0 saturated carbocycles. The molecule has 7 nitrogen and oxygen atoms in total. The van der Waals surface area contributed by atoms with Gasteiger partial charge >= 0.3 is 0 Å². The summed E-state index contributed by atoms with van der Waals surface area (Å²) in [5, 5.41) is 4.49. The van der Waals surface area contributed by atoms with E-state index in [0.29, 0.717) is 11.5 Å². The minimum absolute atomic E-state index is 0.0325. The highest BCUT2D eigenvalue weighted by molar-refractivity contribution is 7.85. The van der Waals surface area contributed by atoms with Gasteiger partial charge in [0, 0.05) is 5.56 Å². The third-order valence-electron chi connectivity index (χ3n) is 4.51. The number of hydrogen-bond acceptors (Lipinski definition) is 6. The zero-order valence-corrected chi connectivity index (χ0v) is 18.4. The minimum Gasteiger partial charge on any atom is -0.273 e. The fraction of sp³-hybridized carbons (Fsp3) is 0.211. The van der Waals surface area contributed by atoms with Crippen molar-refractivity contribution in [1.29, 1.82) is 0 Å². The molecule has 1 unspecified atom stereocenters. The lowest BCUT2D eigenvalue weighted by Gasteiger charge is -2.14. The molecule has 162 valence electrons. The topological polar surface area (TPSA) is 86.4 Å². The molecule has 1 aliphatic heterocycles. The van der Waals surface area contributed by atoms with Crippen LogP contribution in [0.2, 0.25) is 10.0 Å². The third kappa shape index (κ3) is 4.08. The average Bonchev–Trinajstić information content (AvgIpc) is 3.07. The lowest BCUT2D eigenvalue weighted by molar-refractivity contribution is 0.302. The van der Waals surface area contributed by atoms with Crippen LogP contribution in [0.25, 0.3) is 5.69 Å². The molecule has 1 aromatic heterocycles. The van der Waals surface area contributed by atoms with Gasteiger partial charge in [-0.1, -0.05) is 29.3 Å². The summed E-state index contributed by atoms with van der Waals surface area (Å²) in [6.07, 6.45) is 0.910. The molecule has 3 aromatic rings. The molecule has 0 N–H and O–H groups in total. The summed E-state index contributed by atoms with van der Waals surface area (Å²) in [5.41, 5.74) is 0.107. The Morgan fingerprint density at radius 3 is 2.45 bits per heavy atom. The number of benzene rings is 2. The molecular formula is C19H14Cl2F2N4O3S. The highest BCUT2D eigenvalue weighted by Gasteiger charge is 2.31. The molecule has 0 radical (unpaired) electrons. The lowest BCUT2D eigenvalue weighted by atomic mass is 9.99. The molecule has 2 aromatic carbocycles. The van der Waals surface area contributed by atoms with Crippen molar-refractivity contribution in [2.75, 3.05) is 6.26 Å². The van der Waals surface area contributed by atoms with Gasteiger partial charge in [-0.05, 0) is 31.2 Å². The molecule has 2 heterocycles. The predicted octanol–water partition coefficient (Wildman–Crippen LogP) is 4.24. The standard InChI is InChI=1S/C19H14Cl2F2N4O3S/c1-9-19-25-14(8-30-31(2,28)29)26-27(19)13-7-6-10(20)17(21)16(13)18(24-9)15-11(22)4-3-5-12(15)23/h3-7,9H,8H2,1-2H3. The van der Waals surface area contributed by atoms with Crippen molar-refractivity contribution in [3.05, 3.63) is 74.8 Å². The van der Waals surface area contributed by atoms with Gasteiger partial charge in [0.15, 0.2) is 11.6 Å². The SMILES string of the molecule is CC1N=C(c2c(F)cccc2F)c2c(ccc(Cl)c2Cl)-n2nc(COS(C)(=O)=O)nc21. The summed E-state index contributed by atoms with van der Waals surface area (Å²) in [6, 6.07) is 5.84. The first-order chi connectivity index (χ1) is 14.6. The molecule has 4 rings (SSSR count). The molecule has 0 bridgehead atoms. The lowest BCUT2D eigenvalue weighted by Crippen LogP contribution is -2.13. The van der Waals surface area contributed by atoms with Crippen molar-refractivity contribution in [2.24, 2.45) is 4.99 Å². The Morgan fingerprint density at radius 2 is 1.81 bits per heavy atom. The Balaban J connectivity index is 1.96. The van der Waals surface area contributed by atoms with Crippen LogP contribution >= 0.6 is 23.2 Å². The second kappa shape index (κ2) is 7.94. The van der Waals surface area contributed by atoms with Crippen LogP contribution in [0.1, 0.15) is 35.7 Å². The van der Waals surface area contributed by atoms with Gasteiger partial charge in [0.25, 0.3) is 10.1 Å². The zero-order chi connectivity index (χ0) is 22.5. The molecule has 0 aliphatic carbocycles. The minimum atomic E-state index is -3.71. The molecule has 1 aliphatic rings. The maximum atomic E-state index is 14.6. The number of aliphatic imine (C=N–C) groups is 1. The van der Waals surface area contributed by atoms with Crippen LogP contribution in [0, 0.1) is 11.6 Å². The van der Waals surface area contributed by atoms with Gasteiger partial charge in [0.05, 0.1) is 33.3 Å². The maximum Gasteiger partial charge on any atom is 0.264 e. The second-order valence-electron chi connectivity index (χ2n) is 6.77. The number of rotatable bonds is 4. The molecule has 1 atom stereocenters. The molecule has 0 fully saturated rings. The van der Waals surface area contributed by atoms with Crippen LogP contribution in [0.4, 0.5) is 8.78 Å². The van der Waals surface area contributed by atoms with Crippen molar-refractivity contribution >= 4 is 39.0 Å². The van der Waals surface area contributed by atoms with Crippen molar-refractivity contribution in [2.45, 2.75) is 19.6 Å². The fourth-order valence-electron chi connectivity index (χ4n) is 3.21. The van der Waals surface area contributed by atoms with E-state index in [0.717, 1.165) is 18.4 Å². The Kier molecular flexibility index (Phi) is 5.59. The van der Waals surface area contributed by atoms with E-state index >= 15 is 0 Å². The summed E-state index contributed by atoms with van der Waals surface area (Å²) >= 11 is 12.6. The van der Waals surface area contributed by atoms with Crippen LogP contribution in [-0.2, 0) is 20.9 Å². The van der Waals surface area contributed by atoms with Crippen molar-refractivity contribution in [3.63, 3.8) is 0 Å². The van der Waals surface area contributed by atoms with E-state index in [1.807, 2.05) is 0 Å². The molecular weight excluding hydrogens is 473 g/mol. The van der Waals surface area contributed by atoms with Gasteiger partial charge in [-0.25, -0.2) is 18.4 Å². The highest BCUT2D eigenvalue weighted by atomic mass is 35.5. The van der Waals surface area contributed by atoms with Crippen LogP contribution in [-0.4, -0.2) is 35.1 Å². The Labute approximate surface area is 186 Å². The summed E-state index contributed by atoms with van der Waals surface area (Å²) < 4.78 is 58.0. The van der Waals surface area contributed by atoms with Gasteiger partial charge in [0.2, 0.25) is 0 Å². The van der Waals surface area contributed by atoms with Crippen molar-refractivity contribution in [3.8, 4) is 5.69 Å². The largest absolute Gasteiger partial charge is 0.273 e. The van der Waals surface area contributed by atoms with E-state index in [9.17, 15) is 17.2 Å². The van der Waals surface area contributed by atoms with Crippen LogP contribution in [0.3, 0.4) is 0 Å². The molecule has 0 amide bonds. The van der Waals surface area contributed by atoms with Gasteiger partial charge < -0.3 is 0 Å². The van der Waals surface area contributed by atoms with E-state index in [-0.39, 0.29) is 39.3 Å². The summed E-state index contributed by atoms with van der Waals surface area (Å²) in [4.78, 5) is 8.80. The molecule has 0 saturated heterocycles. The van der Waals surface area contributed by atoms with Crippen molar-refractivity contribution < 1.29 is 21.4 Å².